The molecule has 2 aromatic carbocycles. The van der Waals surface area contributed by atoms with E-state index < -0.39 is 11.5 Å². The Labute approximate surface area is 167 Å². The first-order valence-corrected chi connectivity index (χ1v) is 9.19. The topological polar surface area (TPSA) is 90.0 Å². The monoisotopic (exact) mass is 388 g/mol. The molecule has 4 rings (SSSR count). The highest BCUT2D eigenvalue weighted by Crippen LogP contribution is 2.24. The van der Waals surface area contributed by atoms with Gasteiger partial charge in [-0.25, -0.2) is 9.48 Å². The SMILES string of the molecule is CC(C)(C)c1cnnn1-c1ccc(NC(=O)c2cc3ccccc3oc2=O)cc1. The first kappa shape index (κ1) is 18.6. The highest BCUT2D eigenvalue weighted by molar-refractivity contribution is 6.05. The number of hydrogen-bond donors (Lipinski definition) is 1. The summed E-state index contributed by atoms with van der Waals surface area (Å²) in [5, 5.41) is 11.6. The quantitative estimate of drug-likeness (QED) is 0.537. The van der Waals surface area contributed by atoms with Crippen LogP contribution in [0, 0.1) is 0 Å². The number of aromatic nitrogens is 3. The van der Waals surface area contributed by atoms with Gasteiger partial charge in [0.05, 0.1) is 17.6 Å². The lowest BCUT2D eigenvalue weighted by Crippen LogP contribution is -2.20. The largest absolute Gasteiger partial charge is 0.422 e. The molecule has 4 aromatic rings. The Bertz CT molecular complexity index is 1250. The Morgan fingerprint density at radius 1 is 1.07 bits per heavy atom. The third kappa shape index (κ3) is 3.67. The number of para-hydroxylation sites is 1. The maximum atomic E-state index is 12.6. The summed E-state index contributed by atoms with van der Waals surface area (Å²) in [6.07, 6.45) is 1.74. The Morgan fingerprint density at radius 2 is 1.79 bits per heavy atom. The first-order valence-electron chi connectivity index (χ1n) is 9.19. The summed E-state index contributed by atoms with van der Waals surface area (Å²) in [5.41, 5.74) is 1.98. The van der Waals surface area contributed by atoms with Crippen LogP contribution in [0.2, 0.25) is 0 Å². The van der Waals surface area contributed by atoms with E-state index in [2.05, 4.69) is 36.4 Å². The molecule has 0 saturated heterocycles. The summed E-state index contributed by atoms with van der Waals surface area (Å²) < 4.78 is 7.00. The van der Waals surface area contributed by atoms with E-state index in [1.165, 1.54) is 6.07 Å². The summed E-state index contributed by atoms with van der Waals surface area (Å²) in [6.45, 7) is 6.27. The number of nitrogens with zero attached hydrogens (tertiary/aromatic N) is 3. The Hall–Kier alpha value is -3.74. The van der Waals surface area contributed by atoms with Crippen LogP contribution in [0.1, 0.15) is 36.8 Å². The molecule has 0 bridgehead atoms. The van der Waals surface area contributed by atoms with Gasteiger partial charge < -0.3 is 9.73 Å². The summed E-state index contributed by atoms with van der Waals surface area (Å²) in [4.78, 5) is 24.7. The minimum atomic E-state index is -0.671. The van der Waals surface area contributed by atoms with Gasteiger partial charge in [-0.3, -0.25) is 4.79 Å². The molecule has 2 heterocycles. The molecule has 7 nitrogen and oxygen atoms in total. The second-order valence-corrected chi connectivity index (χ2v) is 7.77. The lowest BCUT2D eigenvalue weighted by Gasteiger charge is -2.19. The van der Waals surface area contributed by atoms with Gasteiger partial charge in [-0.2, -0.15) is 0 Å². The first-order chi connectivity index (χ1) is 13.8. The molecule has 146 valence electrons. The lowest BCUT2D eigenvalue weighted by molar-refractivity contribution is 0.102. The smallest absolute Gasteiger partial charge is 0.349 e. The number of hydrogen-bond acceptors (Lipinski definition) is 5. The number of benzene rings is 2. The zero-order valence-corrected chi connectivity index (χ0v) is 16.3. The molecular weight excluding hydrogens is 368 g/mol. The molecule has 0 aliphatic carbocycles. The van der Waals surface area contributed by atoms with Gasteiger partial charge in [-0.15, -0.1) is 5.10 Å². The van der Waals surface area contributed by atoms with Gasteiger partial charge in [0.2, 0.25) is 0 Å². The van der Waals surface area contributed by atoms with Gasteiger partial charge in [0.1, 0.15) is 11.1 Å². The Morgan fingerprint density at radius 3 is 2.52 bits per heavy atom. The van der Waals surface area contributed by atoms with Gasteiger partial charge >= 0.3 is 5.63 Å². The average molecular weight is 388 g/mol. The number of anilines is 1. The van der Waals surface area contributed by atoms with E-state index in [0.717, 1.165) is 11.4 Å². The molecule has 0 saturated carbocycles. The molecule has 0 spiro atoms. The standard InChI is InChI=1S/C22H20N4O3/c1-22(2,3)19-13-23-25-26(19)16-10-8-15(9-11-16)24-20(27)17-12-14-6-4-5-7-18(14)29-21(17)28/h4-13H,1-3H3,(H,24,27). The van der Waals surface area contributed by atoms with Crippen molar-refractivity contribution in [3.05, 3.63) is 82.5 Å². The molecule has 1 amide bonds. The molecule has 29 heavy (non-hydrogen) atoms. The second-order valence-electron chi connectivity index (χ2n) is 7.77. The molecule has 0 radical (unpaired) electrons. The predicted octanol–water partition coefficient (Wildman–Crippen LogP) is 3.92. The van der Waals surface area contributed by atoms with Crippen LogP contribution >= 0.6 is 0 Å². The summed E-state index contributed by atoms with van der Waals surface area (Å²) >= 11 is 0. The fraction of sp³-hybridized carbons (Fsp3) is 0.182. The lowest BCUT2D eigenvalue weighted by atomic mass is 9.92. The molecule has 0 fully saturated rings. The Balaban J connectivity index is 1.58. The molecule has 0 atom stereocenters. The molecule has 0 unspecified atom stereocenters. The third-order valence-electron chi connectivity index (χ3n) is 4.57. The molecule has 1 N–H and O–H groups in total. The van der Waals surface area contributed by atoms with Crippen molar-refractivity contribution in [3.63, 3.8) is 0 Å². The summed E-state index contributed by atoms with van der Waals surface area (Å²) in [6, 6.07) is 15.8. The van der Waals surface area contributed by atoms with Gasteiger partial charge in [0.25, 0.3) is 5.91 Å². The molecule has 7 heteroatoms. The fourth-order valence-corrected chi connectivity index (χ4v) is 3.04. The van der Waals surface area contributed by atoms with Crippen molar-refractivity contribution in [2.24, 2.45) is 0 Å². The maximum absolute atomic E-state index is 12.6. The molecule has 0 aliphatic rings. The number of amides is 1. The normalized spacial score (nSPS) is 11.6. The highest BCUT2D eigenvalue weighted by Gasteiger charge is 2.20. The number of rotatable bonds is 3. The van der Waals surface area contributed by atoms with Gasteiger partial charge in [0.15, 0.2) is 0 Å². The number of nitrogens with one attached hydrogen (secondary N) is 1. The highest BCUT2D eigenvalue weighted by atomic mass is 16.4. The van der Waals surface area contributed by atoms with Gasteiger partial charge in [-0.05, 0) is 36.4 Å². The van der Waals surface area contributed by atoms with Crippen molar-refractivity contribution in [3.8, 4) is 5.69 Å². The van der Waals surface area contributed by atoms with Crippen molar-refractivity contribution in [2.45, 2.75) is 26.2 Å². The maximum Gasteiger partial charge on any atom is 0.349 e. The Kier molecular flexibility index (Phi) is 4.50. The van der Waals surface area contributed by atoms with Crippen LogP contribution in [0.25, 0.3) is 16.7 Å². The minimum absolute atomic E-state index is 0.0425. The van der Waals surface area contributed by atoms with Crippen LogP contribution in [-0.4, -0.2) is 20.9 Å². The number of carbonyl (C=O) groups excluding carboxylic acids is 1. The van der Waals surface area contributed by atoms with Crippen LogP contribution in [-0.2, 0) is 5.41 Å². The van der Waals surface area contributed by atoms with Crippen LogP contribution in [0.15, 0.2) is 70.0 Å². The van der Waals surface area contributed by atoms with E-state index in [1.807, 2.05) is 18.2 Å². The van der Waals surface area contributed by atoms with Crippen LogP contribution in [0.5, 0.6) is 0 Å². The third-order valence-corrected chi connectivity index (χ3v) is 4.57. The van der Waals surface area contributed by atoms with E-state index in [1.54, 1.807) is 41.2 Å². The van der Waals surface area contributed by atoms with E-state index >= 15 is 0 Å². The second kappa shape index (κ2) is 7.01. The zero-order chi connectivity index (χ0) is 20.6. The van der Waals surface area contributed by atoms with Crippen molar-refractivity contribution < 1.29 is 9.21 Å². The van der Waals surface area contributed by atoms with Crippen molar-refractivity contribution in [1.29, 1.82) is 0 Å². The minimum Gasteiger partial charge on any atom is -0.422 e. The van der Waals surface area contributed by atoms with Crippen LogP contribution in [0.3, 0.4) is 0 Å². The summed E-state index contributed by atoms with van der Waals surface area (Å²) in [7, 11) is 0. The van der Waals surface area contributed by atoms with Crippen molar-refractivity contribution >= 4 is 22.6 Å². The fourth-order valence-electron chi connectivity index (χ4n) is 3.04. The zero-order valence-electron chi connectivity index (χ0n) is 16.3. The summed E-state index contributed by atoms with van der Waals surface area (Å²) in [5.74, 6) is -0.520. The van der Waals surface area contributed by atoms with E-state index in [-0.39, 0.29) is 11.0 Å². The predicted molar refractivity (Wildman–Crippen MR) is 110 cm³/mol. The molecular formula is C22H20N4O3. The average Bonchev–Trinajstić information content (AvgIpc) is 3.18. The van der Waals surface area contributed by atoms with E-state index in [4.69, 9.17) is 4.42 Å². The molecule has 2 aromatic heterocycles. The van der Waals surface area contributed by atoms with Crippen LogP contribution < -0.4 is 10.9 Å². The van der Waals surface area contributed by atoms with Crippen LogP contribution in [0.4, 0.5) is 5.69 Å². The molecule has 0 aliphatic heterocycles. The van der Waals surface area contributed by atoms with Gasteiger partial charge in [0, 0.05) is 16.5 Å². The van der Waals surface area contributed by atoms with Gasteiger partial charge in [-0.1, -0.05) is 44.2 Å². The van der Waals surface area contributed by atoms with Crippen molar-refractivity contribution in [2.75, 3.05) is 5.32 Å². The van der Waals surface area contributed by atoms with E-state index in [0.29, 0.717) is 16.7 Å². The van der Waals surface area contributed by atoms with Crippen molar-refractivity contribution in [1.82, 2.24) is 15.0 Å². The van der Waals surface area contributed by atoms with E-state index in [9.17, 15) is 9.59 Å². The number of carbonyl (C=O) groups is 1. The number of fused-ring (bicyclic) bond motifs is 1.